The summed E-state index contributed by atoms with van der Waals surface area (Å²) in [5, 5.41) is 3.20. The molecule has 0 fully saturated rings. The van der Waals surface area contributed by atoms with Crippen molar-refractivity contribution in [3.63, 3.8) is 0 Å². The molecule has 0 aliphatic rings. The Kier molecular flexibility index (Phi) is 4.55. The third kappa shape index (κ3) is 3.55. The Morgan fingerprint density at radius 3 is 2.52 bits per heavy atom. The predicted molar refractivity (Wildman–Crippen MR) is 88.2 cm³/mol. The summed E-state index contributed by atoms with van der Waals surface area (Å²) in [6, 6.07) is 6.76. The maximum Gasteiger partial charge on any atom is 0.240 e. The molecule has 0 amide bonds. The van der Waals surface area contributed by atoms with Crippen molar-refractivity contribution in [3.8, 4) is 0 Å². The van der Waals surface area contributed by atoms with Crippen LogP contribution in [0.3, 0.4) is 0 Å². The molecule has 21 heavy (non-hydrogen) atoms. The van der Waals surface area contributed by atoms with Crippen LogP contribution in [0, 0.1) is 13.8 Å². The summed E-state index contributed by atoms with van der Waals surface area (Å²) in [5.41, 5.74) is 8.30. The molecule has 114 valence electrons. The quantitative estimate of drug-likeness (QED) is 0.737. The van der Waals surface area contributed by atoms with Gasteiger partial charge in [-0.2, -0.15) is 0 Å². The van der Waals surface area contributed by atoms with Crippen LogP contribution < -0.4 is 15.8 Å². The van der Waals surface area contributed by atoms with Crippen LogP contribution in [0.25, 0.3) is 0 Å². The summed E-state index contributed by atoms with van der Waals surface area (Å²) >= 11 is 1.72. The number of sulfonamides is 1. The molecule has 0 saturated heterocycles. The lowest BCUT2D eigenvalue weighted by molar-refractivity contribution is 0.588. The number of anilines is 2. The lowest BCUT2D eigenvalue weighted by Gasteiger charge is -2.10. The van der Waals surface area contributed by atoms with Gasteiger partial charge in [-0.1, -0.05) is 0 Å². The van der Waals surface area contributed by atoms with Crippen molar-refractivity contribution in [3.05, 3.63) is 39.6 Å². The van der Waals surface area contributed by atoms with E-state index in [0.717, 1.165) is 0 Å². The van der Waals surface area contributed by atoms with Crippen LogP contribution in [0.5, 0.6) is 0 Å². The van der Waals surface area contributed by atoms with Crippen molar-refractivity contribution in [1.82, 2.24) is 4.72 Å². The van der Waals surface area contributed by atoms with E-state index in [-0.39, 0.29) is 4.90 Å². The van der Waals surface area contributed by atoms with Crippen LogP contribution >= 0.6 is 11.3 Å². The summed E-state index contributed by atoms with van der Waals surface area (Å²) in [6.45, 7) is 4.77. The Hall–Kier alpha value is -1.57. The highest BCUT2D eigenvalue weighted by molar-refractivity contribution is 7.89. The average molecular weight is 325 g/mol. The smallest absolute Gasteiger partial charge is 0.240 e. The lowest BCUT2D eigenvalue weighted by atomic mass is 10.2. The second-order valence-electron chi connectivity index (χ2n) is 4.76. The van der Waals surface area contributed by atoms with Crippen molar-refractivity contribution >= 4 is 32.7 Å². The van der Waals surface area contributed by atoms with Gasteiger partial charge in [0.1, 0.15) is 0 Å². The fourth-order valence-corrected chi connectivity index (χ4v) is 3.64. The number of hydrogen-bond donors (Lipinski definition) is 3. The molecule has 7 heteroatoms. The molecule has 0 atom stereocenters. The topological polar surface area (TPSA) is 84.2 Å². The van der Waals surface area contributed by atoms with Gasteiger partial charge in [-0.3, -0.25) is 0 Å². The fraction of sp³-hybridized carbons (Fsp3) is 0.286. The van der Waals surface area contributed by atoms with Gasteiger partial charge in [0.25, 0.3) is 0 Å². The minimum atomic E-state index is -3.47. The van der Waals surface area contributed by atoms with E-state index in [9.17, 15) is 8.42 Å². The molecule has 0 aliphatic carbocycles. The van der Waals surface area contributed by atoms with Crippen LogP contribution in [-0.2, 0) is 16.6 Å². The van der Waals surface area contributed by atoms with Gasteiger partial charge in [0.15, 0.2) is 0 Å². The number of hydrogen-bond acceptors (Lipinski definition) is 5. The molecule has 5 nitrogen and oxygen atoms in total. The first-order chi connectivity index (χ1) is 9.83. The summed E-state index contributed by atoms with van der Waals surface area (Å²) in [5.74, 6) is 0. The Morgan fingerprint density at radius 1 is 1.24 bits per heavy atom. The van der Waals surface area contributed by atoms with Gasteiger partial charge in [0.2, 0.25) is 10.0 Å². The van der Waals surface area contributed by atoms with Crippen molar-refractivity contribution in [2.75, 3.05) is 18.1 Å². The average Bonchev–Trinajstić information content (AvgIpc) is 2.76. The highest BCUT2D eigenvalue weighted by atomic mass is 32.2. The van der Waals surface area contributed by atoms with E-state index >= 15 is 0 Å². The Labute approximate surface area is 129 Å². The first kappa shape index (κ1) is 15.8. The van der Waals surface area contributed by atoms with Crippen LogP contribution in [0.15, 0.2) is 29.2 Å². The maximum absolute atomic E-state index is 11.8. The highest BCUT2D eigenvalue weighted by Crippen LogP contribution is 2.25. The molecule has 0 radical (unpaired) electrons. The maximum atomic E-state index is 11.8. The summed E-state index contributed by atoms with van der Waals surface area (Å²) < 4.78 is 25.9. The number of thiophene rings is 1. The molecule has 2 aromatic rings. The van der Waals surface area contributed by atoms with E-state index in [1.807, 2.05) is 0 Å². The second-order valence-corrected chi connectivity index (χ2v) is 7.99. The van der Waals surface area contributed by atoms with E-state index in [2.05, 4.69) is 30.0 Å². The van der Waals surface area contributed by atoms with E-state index in [1.165, 1.54) is 28.4 Å². The molecular formula is C14H19N3O2S2. The molecule has 4 N–H and O–H groups in total. The van der Waals surface area contributed by atoms with Gasteiger partial charge in [0, 0.05) is 16.3 Å². The summed E-state index contributed by atoms with van der Waals surface area (Å²) in [7, 11) is -2.08. The summed E-state index contributed by atoms with van der Waals surface area (Å²) in [6.07, 6.45) is 0. The number of nitrogen functional groups attached to an aromatic ring is 1. The standard InChI is InChI=1S/C14H19N3O2S2/c1-9-6-11(20-10(9)2)8-17-14-7-12(4-5-13(14)15)21(18,19)16-3/h4-7,16-17H,8,15H2,1-3H3. The zero-order valence-corrected chi connectivity index (χ0v) is 13.9. The predicted octanol–water partition coefficient (Wildman–Crippen LogP) is 2.47. The molecule has 0 unspecified atom stereocenters. The second kappa shape index (κ2) is 6.05. The first-order valence-electron chi connectivity index (χ1n) is 6.46. The molecular weight excluding hydrogens is 306 g/mol. The molecule has 0 saturated carbocycles. The van der Waals surface area contributed by atoms with E-state index in [0.29, 0.717) is 17.9 Å². The van der Waals surface area contributed by atoms with Crippen LogP contribution in [-0.4, -0.2) is 15.5 Å². The van der Waals surface area contributed by atoms with Gasteiger partial charge < -0.3 is 11.1 Å². The zero-order chi connectivity index (χ0) is 15.6. The van der Waals surface area contributed by atoms with Gasteiger partial charge in [-0.05, 0) is 50.7 Å². The van der Waals surface area contributed by atoms with Gasteiger partial charge in [-0.25, -0.2) is 13.1 Å². The SMILES string of the molecule is CNS(=O)(=O)c1ccc(N)c(NCc2cc(C)c(C)s2)c1. The van der Waals surface area contributed by atoms with Crippen molar-refractivity contribution in [1.29, 1.82) is 0 Å². The lowest BCUT2D eigenvalue weighted by Crippen LogP contribution is -2.18. The van der Waals surface area contributed by atoms with Crippen molar-refractivity contribution < 1.29 is 8.42 Å². The normalized spacial score (nSPS) is 11.6. The molecule has 1 heterocycles. The Balaban J connectivity index is 2.21. The van der Waals surface area contributed by atoms with Crippen molar-refractivity contribution in [2.45, 2.75) is 25.3 Å². The van der Waals surface area contributed by atoms with Crippen LogP contribution in [0.2, 0.25) is 0 Å². The number of benzene rings is 1. The Bertz CT molecular complexity index is 732. The van der Waals surface area contributed by atoms with Gasteiger partial charge in [0.05, 0.1) is 16.3 Å². The molecule has 1 aromatic carbocycles. The third-order valence-electron chi connectivity index (χ3n) is 3.27. The number of rotatable bonds is 5. The summed E-state index contributed by atoms with van der Waals surface area (Å²) in [4.78, 5) is 2.66. The van der Waals surface area contributed by atoms with Gasteiger partial charge >= 0.3 is 0 Å². The van der Waals surface area contributed by atoms with Crippen molar-refractivity contribution in [2.24, 2.45) is 0 Å². The van der Waals surface area contributed by atoms with Gasteiger partial charge in [-0.15, -0.1) is 11.3 Å². The number of nitrogens with two attached hydrogens (primary N) is 1. The molecule has 1 aromatic heterocycles. The number of aryl methyl sites for hydroxylation is 2. The molecule has 0 aliphatic heterocycles. The molecule has 2 rings (SSSR count). The fourth-order valence-electron chi connectivity index (χ4n) is 1.89. The largest absolute Gasteiger partial charge is 0.397 e. The Morgan fingerprint density at radius 2 is 1.95 bits per heavy atom. The van der Waals surface area contributed by atoms with Crippen LogP contribution in [0.1, 0.15) is 15.3 Å². The number of nitrogens with one attached hydrogen (secondary N) is 2. The minimum Gasteiger partial charge on any atom is -0.397 e. The van der Waals surface area contributed by atoms with E-state index in [1.54, 1.807) is 23.5 Å². The highest BCUT2D eigenvalue weighted by Gasteiger charge is 2.13. The molecule has 0 bridgehead atoms. The van der Waals surface area contributed by atoms with E-state index in [4.69, 9.17) is 5.73 Å². The third-order valence-corrected chi connectivity index (χ3v) is 5.84. The monoisotopic (exact) mass is 325 g/mol. The minimum absolute atomic E-state index is 0.195. The first-order valence-corrected chi connectivity index (χ1v) is 8.76. The zero-order valence-electron chi connectivity index (χ0n) is 12.2. The molecule has 0 spiro atoms. The van der Waals surface area contributed by atoms with E-state index < -0.39 is 10.0 Å². The van der Waals surface area contributed by atoms with Crippen LogP contribution in [0.4, 0.5) is 11.4 Å².